The minimum absolute atomic E-state index is 0.0394. The Hall–Kier alpha value is -6.61. The van der Waals surface area contributed by atoms with Gasteiger partial charge in [0.05, 0.1) is 15.5 Å². The number of anilines is 3. The molecule has 49 heavy (non-hydrogen) atoms. The van der Waals surface area contributed by atoms with Crippen LogP contribution in [0.3, 0.4) is 0 Å². The highest BCUT2D eigenvalue weighted by molar-refractivity contribution is 6.29. The van der Waals surface area contributed by atoms with Crippen molar-refractivity contribution in [3.05, 3.63) is 170 Å². The fourth-order valence-corrected chi connectivity index (χ4v) is 4.25. The summed E-state index contributed by atoms with van der Waals surface area (Å²) in [5.74, 6) is 1.38. The molecule has 0 radical (unpaired) electrons. The quantitative estimate of drug-likeness (QED) is 0.0628. The van der Waals surface area contributed by atoms with Crippen LogP contribution in [0.2, 0.25) is 5.15 Å². The van der Waals surface area contributed by atoms with E-state index in [1.165, 1.54) is 30.9 Å². The maximum atomic E-state index is 11.1. The number of benzene rings is 2. The van der Waals surface area contributed by atoms with Gasteiger partial charge in [0, 0.05) is 74.1 Å². The molecule has 2 aromatic carbocycles. The molecule has 0 saturated heterocycles. The molecular weight excluding hydrogens is 650 g/mol. The number of rotatable bonds is 10. The smallest absolute Gasteiger partial charge is 0.292 e. The van der Waals surface area contributed by atoms with Gasteiger partial charge >= 0.3 is 0 Å². The van der Waals surface area contributed by atoms with Crippen molar-refractivity contribution in [1.82, 2.24) is 29.9 Å². The molecule has 0 spiro atoms. The van der Waals surface area contributed by atoms with Crippen molar-refractivity contribution >= 4 is 40.3 Å². The first-order chi connectivity index (χ1) is 23.8. The molecule has 0 atom stereocenters. The van der Waals surface area contributed by atoms with Crippen LogP contribution in [-0.2, 0) is 19.5 Å². The Morgan fingerprint density at radius 2 is 1.22 bits per heavy atom. The number of pyridine rings is 2. The molecule has 0 aliphatic carbocycles. The standard InChI is InChI=1S/C17H15N5O2.C10H9ClN4.C6H6N2O2/c23-22(24)16-6-2-1-5-14(16)8-15-9-17(21-12-20-15)19-11-13-4-3-7-18-10-13;11-9-4-10(15-7-14-9)13-6-8-2-1-3-12-5-8;7-5-3-1-2-4-6(5)8(9)10/h1-7,9-10,12H,8,11H2,(H,19,20,21);1-5,7H,6H2,(H,13,14,15);1-4H,7H2. The highest BCUT2D eigenvalue weighted by atomic mass is 35.5. The van der Waals surface area contributed by atoms with Crippen LogP contribution in [0.4, 0.5) is 28.7 Å². The summed E-state index contributed by atoms with van der Waals surface area (Å²) in [6, 6.07) is 24.0. The van der Waals surface area contributed by atoms with E-state index in [2.05, 4.69) is 40.5 Å². The number of nitrogens with zero attached hydrogens (tertiary/aromatic N) is 8. The Morgan fingerprint density at radius 3 is 1.76 bits per heavy atom. The van der Waals surface area contributed by atoms with Crippen molar-refractivity contribution in [2.75, 3.05) is 16.4 Å². The summed E-state index contributed by atoms with van der Waals surface area (Å²) < 4.78 is 0. The lowest BCUT2D eigenvalue weighted by Crippen LogP contribution is -2.04. The molecule has 6 rings (SSSR count). The van der Waals surface area contributed by atoms with Crippen molar-refractivity contribution in [1.29, 1.82) is 0 Å². The molecular formula is C33H30ClN11O4. The minimum atomic E-state index is -0.505. The molecule has 0 unspecified atom stereocenters. The zero-order valence-corrected chi connectivity index (χ0v) is 26.6. The van der Waals surface area contributed by atoms with E-state index in [0.29, 0.717) is 47.6 Å². The number of hydrogen-bond acceptors (Lipinski definition) is 13. The summed E-state index contributed by atoms with van der Waals surface area (Å²) in [4.78, 5) is 44.6. The lowest BCUT2D eigenvalue weighted by molar-refractivity contribution is -0.385. The Labute approximate surface area is 285 Å². The fraction of sp³-hybridized carbons (Fsp3) is 0.0909. The summed E-state index contributed by atoms with van der Waals surface area (Å²) in [5.41, 5.74) is 9.01. The molecule has 0 aliphatic rings. The zero-order valence-electron chi connectivity index (χ0n) is 25.8. The second-order valence-corrected chi connectivity index (χ2v) is 10.3. The number of aromatic nitrogens is 6. The maximum absolute atomic E-state index is 11.1. The normalized spacial score (nSPS) is 9.98. The molecule has 4 N–H and O–H groups in total. The molecule has 0 saturated carbocycles. The average molecular weight is 680 g/mol. The van der Waals surface area contributed by atoms with Crippen LogP contribution in [0.15, 0.2) is 122 Å². The second kappa shape index (κ2) is 18.5. The van der Waals surface area contributed by atoms with Gasteiger partial charge in [0.15, 0.2) is 0 Å². The third kappa shape index (κ3) is 11.9. The molecule has 0 bridgehead atoms. The number of hydrogen-bond donors (Lipinski definition) is 3. The molecule has 0 aliphatic heterocycles. The monoisotopic (exact) mass is 679 g/mol. The molecule has 16 heteroatoms. The van der Waals surface area contributed by atoms with Gasteiger partial charge < -0.3 is 16.4 Å². The first kappa shape index (κ1) is 35.2. The van der Waals surface area contributed by atoms with Crippen LogP contribution in [0.1, 0.15) is 22.4 Å². The lowest BCUT2D eigenvalue weighted by Gasteiger charge is -2.07. The third-order valence-electron chi connectivity index (χ3n) is 6.44. The fourth-order valence-electron chi connectivity index (χ4n) is 4.10. The van der Waals surface area contributed by atoms with Crippen LogP contribution in [0.25, 0.3) is 0 Å². The van der Waals surface area contributed by atoms with Gasteiger partial charge in [0.2, 0.25) is 0 Å². The van der Waals surface area contributed by atoms with Crippen molar-refractivity contribution in [3.8, 4) is 0 Å². The number of nitrogens with two attached hydrogens (primary N) is 1. The number of halogens is 1. The van der Waals surface area contributed by atoms with Gasteiger partial charge in [-0.2, -0.15) is 0 Å². The van der Waals surface area contributed by atoms with Crippen LogP contribution >= 0.6 is 11.6 Å². The van der Waals surface area contributed by atoms with E-state index >= 15 is 0 Å². The number of nitrogens with one attached hydrogen (secondary N) is 2. The Balaban J connectivity index is 0.000000184. The summed E-state index contributed by atoms with van der Waals surface area (Å²) in [5, 5.41) is 28.0. The van der Waals surface area contributed by atoms with Gasteiger partial charge in [-0.3, -0.25) is 30.2 Å². The number of para-hydroxylation sites is 3. The molecule has 4 heterocycles. The maximum Gasteiger partial charge on any atom is 0.292 e. The predicted octanol–water partition coefficient (Wildman–Crippen LogP) is 6.30. The van der Waals surface area contributed by atoms with E-state index in [0.717, 1.165) is 11.1 Å². The topological polar surface area (TPSA) is 214 Å². The first-order valence-electron chi connectivity index (χ1n) is 14.5. The zero-order chi connectivity index (χ0) is 34.8. The van der Waals surface area contributed by atoms with E-state index in [4.69, 9.17) is 17.3 Å². The lowest BCUT2D eigenvalue weighted by atomic mass is 10.1. The summed E-state index contributed by atoms with van der Waals surface area (Å²) in [6.45, 7) is 1.26. The van der Waals surface area contributed by atoms with Gasteiger partial charge in [-0.25, -0.2) is 19.9 Å². The van der Waals surface area contributed by atoms with Gasteiger partial charge in [0.25, 0.3) is 11.4 Å². The van der Waals surface area contributed by atoms with Gasteiger partial charge in [-0.15, -0.1) is 0 Å². The highest BCUT2D eigenvalue weighted by Gasteiger charge is 2.13. The number of nitrogen functional groups attached to an aromatic ring is 1. The van der Waals surface area contributed by atoms with E-state index < -0.39 is 4.92 Å². The Bertz CT molecular complexity index is 1950. The average Bonchev–Trinajstić information content (AvgIpc) is 3.12. The van der Waals surface area contributed by atoms with Crippen LogP contribution in [0, 0.1) is 20.2 Å². The minimum Gasteiger partial charge on any atom is -0.393 e. The van der Waals surface area contributed by atoms with Crippen molar-refractivity contribution < 1.29 is 9.85 Å². The largest absolute Gasteiger partial charge is 0.393 e. The number of nitro groups is 2. The number of nitro benzene ring substituents is 2. The summed E-state index contributed by atoms with van der Waals surface area (Å²) in [7, 11) is 0. The molecule has 15 nitrogen and oxygen atoms in total. The van der Waals surface area contributed by atoms with E-state index in [9.17, 15) is 20.2 Å². The van der Waals surface area contributed by atoms with Crippen molar-refractivity contribution in [2.45, 2.75) is 19.5 Å². The Morgan fingerprint density at radius 1 is 0.673 bits per heavy atom. The van der Waals surface area contributed by atoms with Crippen molar-refractivity contribution in [3.63, 3.8) is 0 Å². The van der Waals surface area contributed by atoms with Crippen LogP contribution in [-0.4, -0.2) is 39.8 Å². The van der Waals surface area contributed by atoms with E-state index in [1.54, 1.807) is 67.3 Å². The molecule has 248 valence electrons. The van der Waals surface area contributed by atoms with Crippen LogP contribution < -0.4 is 16.4 Å². The van der Waals surface area contributed by atoms with Crippen molar-refractivity contribution in [2.24, 2.45) is 0 Å². The van der Waals surface area contributed by atoms with Gasteiger partial charge in [-0.1, -0.05) is 54.1 Å². The summed E-state index contributed by atoms with van der Waals surface area (Å²) in [6.07, 6.45) is 10.3. The van der Waals surface area contributed by atoms with Crippen LogP contribution in [0.5, 0.6) is 0 Å². The summed E-state index contributed by atoms with van der Waals surface area (Å²) >= 11 is 5.72. The molecule has 4 aromatic heterocycles. The van der Waals surface area contributed by atoms with Gasteiger partial charge in [0.1, 0.15) is 35.1 Å². The first-order valence-corrected chi connectivity index (χ1v) is 14.9. The molecule has 0 amide bonds. The second-order valence-electron chi connectivity index (χ2n) is 9.93. The molecule has 6 aromatic rings. The Kier molecular flexibility index (Phi) is 13.3. The van der Waals surface area contributed by atoms with E-state index in [1.807, 2.05) is 24.3 Å². The SMILES string of the molecule is Clc1cc(NCc2cccnc2)ncn1.Nc1ccccc1[N+](=O)[O-].O=[N+]([O-])c1ccccc1Cc1cc(NCc2cccnc2)ncn1. The predicted molar refractivity (Wildman–Crippen MR) is 186 cm³/mol. The highest BCUT2D eigenvalue weighted by Crippen LogP contribution is 2.21. The van der Waals surface area contributed by atoms with Gasteiger partial charge in [-0.05, 0) is 29.3 Å². The molecule has 0 fully saturated rings. The van der Waals surface area contributed by atoms with E-state index in [-0.39, 0.29) is 22.0 Å². The third-order valence-corrected chi connectivity index (χ3v) is 6.65.